The van der Waals surface area contributed by atoms with Crippen LogP contribution in [0.1, 0.15) is 32.1 Å². The maximum Gasteiger partial charge on any atom is 0.283 e. The minimum absolute atomic E-state index is 0.337. The van der Waals surface area contributed by atoms with Crippen molar-refractivity contribution in [3.05, 3.63) is 75.8 Å². The largest absolute Gasteiger partial charge is 0.488 e. The fraction of sp³-hybridized carbons (Fsp3) is 0.150. The minimum atomic E-state index is -0.337. The van der Waals surface area contributed by atoms with Gasteiger partial charge in [0.1, 0.15) is 17.2 Å². The van der Waals surface area contributed by atoms with E-state index in [1.807, 2.05) is 42.5 Å². The number of thiazole rings is 1. The number of anilines is 1. The molecule has 3 N–H and O–H groups in total. The highest BCUT2D eigenvalue weighted by molar-refractivity contribution is 7.17. The van der Waals surface area contributed by atoms with Crippen LogP contribution in [-0.2, 0) is 6.61 Å². The zero-order valence-electron chi connectivity index (χ0n) is 15.1. The summed E-state index contributed by atoms with van der Waals surface area (Å²) in [6.07, 6.45) is 1.56. The molecule has 0 atom stereocenters. The van der Waals surface area contributed by atoms with E-state index in [2.05, 4.69) is 28.5 Å². The van der Waals surface area contributed by atoms with Crippen molar-refractivity contribution in [3.63, 3.8) is 0 Å². The lowest BCUT2D eigenvalue weighted by Crippen LogP contribution is -2.17. The molecule has 0 fully saturated rings. The molecule has 3 rings (SSSR count). The van der Waals surface area contributed by atoms with Gasteiger partial charge < -0.3 is 10.5 Å². The van der Waals surface area contributed by atoms with Crippen LogP contribution in [0.4, 0.5) is 5.13 Å². The average molecular weight is 380 g/mol. The number of carbonyl (C=O) groups is 1. The van der Waals surface area contributed by atoms with Crippen molar-refractivity contribution in [1.82, 2.24) is 10.4 Å². The number of hydrogen-bond donors (Lipinski definition) is 2. The summed E-state index contributed by atoms with van der Waals surface area (Å²) in [7, 11) is 0. The van der Waals surface area contributed by atoms with Crippen molar-refractivity contribution in [2.45, 2.75) is 20.5 Å². The smallest absolute Gasteiger partial charge is 0.283 e. The Morgan fingerprint density at radius 3 is 2.70 bits per heavy atom. The maximum absolute atomic E-state index is 12.2. The lowest BCUT2D eigenvalue weighted by atomic mass is 10.1. The molecular weight excluding hydrogens is 360 g/mol. The average Bonchev–Trinajstić information content (AvgIpc) is 3.00. The van der Waals surface area contributed by atoms with Crippen LogP contribution in [0.3, 0.4) is 0 Å². The summed E-state index contributed by atoms with van der Waals surface area (Å²) in [5, 5.41) is 4.39. The standard InChI is InChI=1S/C20H20N4O2S/c1-13-7-3-4-9-16(13)12-26-17-10-6-5-8-15(17)11-22-24-19(25)18-14(2)23-20(21)27-18/h3-11H,12H2,1-2H3,(H2,21,23)(H,24,25). The molecule has 0 aliphatic rings. The first-order valence-corrected chi connectivity index (χ1v) is 9.19. The summed E-state index contributed by atoms with van der Waals surface area (Å²) in [5.41, 5.74) is 11.8. The number of amides is 1. The second kappa shape index (κ2) is 8.46. The Hall–Kier alpha value is -3.19. The third kappa shape index (κ3) is 4.71. The van der Waals surface area contributed by atoms with Crippen molar-refractivity contribution in [3.8, 4) is 5.75 Å². The minimum Gasteiger partial charge on any atom is -0.488 e. The number of benzene rings is 2. The van der Waals surface area contributed by atoms with Gasteiger partial charge in [0.05, 0.1) is 11.9 Å². The van der Waals surface area contributed by atoms with Gasteiger partial charge in [-0.25, -0.2) is 10.4 Å². The quantitative estimate of drug-likeness (QED) is 0.504. The normalized spacial score (nSPS) is 10.9. The van der Waals surface area contributed by atoms with E-state index in [0.717, 1.165) is 22.5 Å². The van der Waals surface area contributed by atoms with Crippen LogP contribution in [0.15, 0.2) is 53.6 Å². The van der Waals surface area contributed by atoms with Gasteiger partial charge in [-0.2, -0.15) is 5.10 Å². The Morgan fingerprint density at radius 2 is 1.96 bits per heavy atom. The summed E-state index contributed by atoms with van der Waals surface area (Å²) in [4.78, 5) is 16.6. The fourth-order valence-corrected chi connectivity index (χ4v) is 3.21. The number of rotatable bonds is 6. The molecule has 1 aromatic heterocycles. The highest BCUT2D eigenvalue weighted by atomic mass is 32.1. The van der Waals surface area contributed by atoms with Gasteiger partial charge in [-0.3, -0.25) is 4.79 Å². The predicted octanol–water partition coefficient (Wildman–Crippen LogP) is 3.69. The Labute approximate surface area is 161 Å². The lowest BCUT2D eigenvalue weighted by Gasteiger charge is -2.10. The summed E-state index contributed by atoms with van der Waals surface area (Å²) in [6, 6.07) is 15.6. The summed E-state index contributed by atoms with van der Waals surface area (Å²) in [6.45, 7) is 4.25. The molecule has 2 aromatic carbocycles. The lowest BCUT2D eigenvalue weighted by molar-refractivity contribution is 0.0958. The number of hydrazone groups is 1. The third-order valence-electron chi connectivity index (χ3n) is 3.95. The number of carbonyl (C=O) groups excluding carboxylic acids is 1. The van der Waals surface area contributed by atoms with Crippen LogP contribution in [0.5, 0.6) is 5.75 Å². The van der Waals surface area contributed by atoms with Crippen LogP contribution >= 0.6 is 11.3 Å². The van der Waals surface area contributed by atoms with Gasteiger partial charge in [-0.1, -0.05) is 47.7 Å². The van der Waals surface area contributed by atoms with Gasteiger partial charge in [-0.15, -0.1) is 0 Å². The van der Waals surface area contributed by atoms with Crippen LogP contribution < -0.4 is 15.9 Å². The van der Waals surface area contributed by atoms with E-state index < -0.39 is 0 Å². The summed E-state index contributed by atoms with van der Waals surface area (Å²) >= 11 is 1.13. The molecule has 1 heterocycles. The van der Waals surface area contributed by atoms with Gasteiger partial charge in [-0.05, 0) is 37.1 Å². The molecule has 6 nitrogen and oxygen atoms in total. The Balaban J connectivity index is 1.67. The molecule has 0 saturated carbocycles. The highest BCUT2D eigenvalue weighted by Gasteiger charge is 2.13. The van der Waals surface area contributed by atoms with E-state index in [1.54, 1.807) is 13.1 Å². The van der Waals surface area contributed by atoms with E-state index in [0.29, 0.717) is 28.1 Å². The molecular formula is C20H20N4O2S. The molecule has 138 valence electrons. The van der Waals surface area contributed by atoms with E-state index in [4.69, 9.17) is 10.5 Å². The zero-order valence-corrected chi connectivity index (χ0v) is 15.9. The van der Waals surface area contributed by atoms with Crippen molar-refractivity contribution < 1.29 is 9.53 Å². The number of ether oxygens (including phenoxy) is 1. The molecule has 3 aromatic rings. The van der Waals surface area contributed by atoms with Crippen molar-refractivity contribution in [1.29, 1.82) is 0 Å². The van der Waals surface area contributed by atoms with Crippen LogP contribution in [-0.4, -0.2) is 17.1 Å². The van der Waals surface area contributed by atoms with Gasteiger partial charge >= 0.3 is 0 Å². The highest BCUT2D eigenvalue weighted by Crippen LogP contribution is 2.20. The first-order valence-electron chi connectivity index (χ1n) is 8.37. The van der Waals surface area contributed by atoms with Gasteiger partial charge in [0.15, 0.2) is 5.13 Å². The molecule has 0 aliphatic heterocycles. The van der Waals surface area contributed by atoms with E-state index in [1.165, 1.54) is 5.56 Å². The molecule has 0 spiro atoms. The summed E-state index contributed by atoms with van der Waals surface area (Å²) in [5.74, 6) is 0.355. The Morgan fingerprint density at radius 1 is 1.22 bits per heavy atom. The number of hydrogen-bond acceptors (Lipinski definition) is 6. The molecule has 7 heteroatoms. The van der Waals surface area contributed by atoms with Gasteiger partial charge in [0.25, 0.3) is 5.91 Å². The topological polar surface area (TPSA) is 89.6 Å². The molecule has 27 heavy (non-hydrogen) atoms. The fourth-order valence-electron chi connectivity index (χ4n) is 2.49. The second-order valence-corrected chi connectivity index (χ2v) is 6.95. The number of nitrogens with one attached hydrogen (secondary N) is 1. The van der Waals surface area contributed by atoms with Crippen molar-refractivity contribution in [2.24, 2.45) is 5.10 Å². The van der Waals surface area contributed by atoms with Crippen molar-refractivity contribution >= 4 is 28.6 Å². The Bertz CT molecular complexity index is 982. The molecule has 1 amide bonds. The van der Waals surface area contributed by atoms with E-state index in [-0.39, 0.29) is 5.91 Å². The van der Waals surface area contributed by atoms with Crippen LogP contribution in [0.25, 0.3) is 0 Å². The SMILES string of the molecule is Cc1ccccc1COc1ccccc1C=NNC(=O)c1sc(N)nc1C. The van der Waals surface area contributed by atoms with E-state index >= 15 is 0 Å². The number of aromatic nitrogens is 1. The van der Waals surface area contributed by atoms with E-state index in [9.17, 15) is 4.79 Å². The molecule has 0 aliphatic carbocycles. The number of aryl methyl sites for hydroxylation is 2. The van der Waals surface area contributed by atoms with Gasteiger partial charge in [0.2, 0.25) is 0 Å². The van der Waals surface area contributed by atoms with Crippen LogP contribution in [0, 0.1) is 13.8 Å². The van der Waals surface area contributed by atoms with Crippen molar-refractivity contribution in [2.75, 3.05) is 5.73 Å². The molecule has 0 radical (unpaired) electrons. The zero-order chi connectivity index (χ0) is 19.2. The molecule has 0 saturated heterocycles. The first kappa shape index (κ1) is 18.6. The monoisotopic (exact) mass is 380 g/mol. The number of nitrogens with two attached hydrogens (primary N) is 1. The first-order chi connectivity index (χ1) is 13.0. The number of nitrogen functional groups attached to an aromatic ring is 1. The predicted molar refractivity (Wildman–Crippen MR) is 108 cm³/mol. The Kier molecular flexibility index (Phi) is 5.83. The number of para-hydroxylation sites is 1. The maximum atomic E-state index is 12.2. The van der Waals surface area contributed by atoms with Crippen LogP contribution in [0.2, 0.25) is 0 Å². The van der Waals surface area contributed by atoms with Gasteiger partial charge in [0, 0.05) is 5.56 Å². The second-order valence-electron chi connectivity index (χ2n) is 5.92. The third-order valence-corrected chi connectivity index (χ3v) is 4.94. The summed E-state index contributed by atoms with van der Waals surface area (Å²) < 4.78 is 5.94. The molecule has 0 unspecified atom stereocenters. The molecule has 0 bridgehead atoms. The number of nitrogens with zero attached hydrogens (tertiary/aromatic N) is 2.